The molecule has 3 heteroatoms. The van der Waals surface area contributed by atoms with E-state index in [2.05, 4.69) is 49.5 Å². The number of hydrogen-bond donors (Lipinski definition) is 1. The van der Waals surface area contributed by atoms with Crippen LogP contribution in [0.4, 0.5) is 5.69 Å². The Hall–Kier alpha value is -1.14. The van der Waals surface area contributed by atoms with Gasteiger partial charge in [0.1, 0.15) is 0 Å². The van der Waals surface area contributed by atoms with Gasteiger partial charge in [-0.05, 0) is 49.1 Å². The summed E-state index contributed by atoms with van der Waals surface area (Å²) in [5.74, 6) is 2.43. The molecule has 1 heterocycles. The fourth-order valence-electron chi connectivity index (χ4n) is 2.64. The SMILES string of the molecule is CC1(C)CSCC(Nc2ccc(C(C)(C)C#N)cc2)C1. The highest BCUT2D eigenvalue weighted by Gasteiger charge is 2.28. The Morgan fingerprint density at radius 1 is 1.30 bits per heavy atom. The molecular formula is C17H24N2S. The van der Waals surface area contributed by atoms with Crippen molar-refractivity contribution in [1.82, 2.24) is 0 Å². The average Bonchev–Trinajstić information content (AvgIpc) is 2.38. The van der Waals surface area contributed by atoms with Crippen LogP contribution in [0.25, 0.3) is 0 Å². The molecule has 1 fully saturated rings. The first-order valence-electron chi connectivity index (χ1n) is 7.18. The second-order valence-corrected chi connectivity index (χ2v) is 8.07. The zero-order valence-electron chi connectivity index (χ0n) is 12.9. The van der Waals surface area contributed by atoms with E-state index in [1.165, 1.54) is 17.9 Å². The lowest BCUT2D eigenvalue weighted by molar-refractivity contribution is 0.358. The normalized spacial score (nSPS) is 22.1. The Morgan fingerprint density at radius 2 is 1.95 bits per heavy atom. The molecule has 0 saturated carbocycles. The third-order valence-electron chi connectivity index (χ3n) is 3.87. The average molecular weight is 288 g/mol. The zero-order valence-corrected chi connectivity index (χ0v) is 13.7. The molecule has 0 bridgehead atoms. The lowest BCUT2D eigenvalue weighted by Gasteiger charge is -2.35. The standard InChI is InChI=1S/C17H24N2S/c1-16(2)9-15(10-20-12-16)19-14-7-5-13(6-8-14)17(3,4)11-18/h5-8,15,19H,9-10,12H2,1-4H3. The maximum absolute atomic E-state index is 9.17. The van der Waals surface area contributed by atoms with Crippen LogP contribution in [0.1, 0.15) is 39.7 Å². The molecule has 1 saturated heterocycles. The highest BCUT2D eigenvalue weighted by atomic mass is 32.2. The summed E-state index contributed by atoms with van der Waals surface area (Å²) in [6, 6.07) is 11.2. The van der Waals surface area contributed by atoms with Crippen LogP contribution < -0.4 is 5.32 Å². The molecule has 108 valence electrons. The molecule has 0 spiro atoms. The smallest absolute Gasteiger partial charge is 0.0766 e. The van der Waals surface area contributed by atoms with Crippen molar-refractivity contribution in [3.05, 3.63) is 29.8 Å². The highest BCUT2D eigenvalue weighted by Crippen LogP contribution is 2.35. The van der Waals surface area contributed by atoms with Gasteiger partial charge < -0.3 is 5.32 Å². The van der Waals surface area contributed by atoms with Gasteiger partial charge in [0, 0.05) is 17.5 Å². The van der Waals surface area contributed by atoms with E-state index in [1.807, 2.05) is 25.6 Å². The van der Waals surface area contributed by atoms with Gasteiger partial charge in [-0.25, -0.2) is 0 Å². The third kappa shape index (κ3) is 3.70. The summed E-state index contributed by atoms with van der Waals surface area (Å²) in [5, 5.41) is 12.8. The van der Waals surface area contributed by atoms with E-state index in [9.17, 15) is 0 Å². The minimum atomic E-state index is -0.415. The van der Waals surface area contributed by atoms with Crippen molar-refractivity contribution < 1.29 is 0 Å². The fraction of sp³-hybridized carbons (Fsp3) is 0.588. The maximum Gasteiger partial charge on any atom is 0.0766 e. The molecule has 1 unspecified atom stereocenters. The first-order valence-corrected chi connectivity index (χ1v) is 8.34. The van der Waals surface area contributed by atoms with E-state index in [1.54, 1.807) is 0 Å². The number of nitrogens with zero attached hydrogens (tertiary/aromatic N) is 1. The number of hydrogen-bond acceptors (Lipinski definition) is 3. The number of nitriles is 1. The summed E-state index contributed by atoms with van der Waals surface area (Å²) in [7, 11) is 0. The molecule has 0 radical (unpaired) electrons. The van der Waals surface area contributed by atoms with E-state index in [-0.39, 0.29) is 0 Å². The fourth-order valence-corrected chi connectivity index (χ4v) is 3.91. The summed E-state index contributed by atoms with van der Waals surface area (Å²) >= 11 is 2.03. The highest BCUT2D eigenvalue weighted by molar-refractivity contribution is 7.99. The number of anilines is 1. The minimum Gasteiger partial charge on any atom is -0.381 e. The van der Waals surface area contributed by atoms with Crippen molar-refractivity contribution in [3.8, 4) is 6.07 Å². The third-order valence-corrected chi connectivity index (χ3v) is 5.49. The second-order valence-electron chi connectivity index (χ2n) is 7.04. The Bertz CT molecular complexity index is 497. The van der Waals surface area contributed by atoms with E-state index < -0.39 is 5.41 Å². The first-order chi connectivity index (χ1) is 9.32. The molecule has 1 aliphatic rings. The lowest BCUT2D eigenvalue weighted by atomic mass is 9.86. The van der Waals surface area contributed by atoms with Crippen molar-refractivity contribution in [2.24, 2.45) is 5.41 Å². The van der Waals surface area contributed by atoms with E-state index in [0.717, 1.165) is 11.3 Å². The van der Waals surface area contributed by atoms with Gasteiger partial charge in [-0.2, -0.15) is 17.0 Å². The van der Waals surface area contributed by atoms with Crippen LogP contribution in [-0.2, 0) is 5.41 Å². The van der Waals surface area contributed by atoms with Crippen LogP contribution in [0, 0.1) is 16.7 Å². The summed E-state index contributed by atoms with van der Waals surface area (Å²) in [4.78, 5) is 0. The molecule has 1 aliphatic heterocycles. The van der Waals surface area contributed by atoms with Gasteiger partial charge in [-0.3, -0.25) is 0 Å². The van der Waals surface area contributed by atoms with E-state index >= 15 is 0 Å². The van der Waals surface area contributed by atoms with Gasteiger partial charge >= 0.3 is 0 Å². The summed E-state index contributed by atoms with van der Waals surface area (Å²) in [6.07, 6.45) is 1.21. The molecule has 0 amide bonds. The summed E-state index contributed by atoms with van der Waals surface area (Å²) in [6.45, 7) is 8.59. The van der Waals surface area contributed by atoms with E-state index in [4.69, 9.17) is 5.26 Å². The lowest BCUT2D eigenvalue weighted by Crippen LogP contribution is -2.35. The van der Waals surface area contributed by atoms with Crippen LogP contribution in [0.3, 0.4) is 0 Å². The topological polar surface area (TPSA) is 35.8 Å². The molecule has 0 aromatic heterocycles. The quantitative estimate of drug-likeness (QED) is 0.893. The predicted molar refractivity (Wildman–Crippen MR) is 88.2 cm³/mol. The Kier molecular flexibility index (Phi) is 4.34. The van der Waals surface area contributed by atoms with Crippen LogP contribution in [0.15, 0.2) is 24.3 Å². The minimum absolute atomic E-state index is 0.415. The second kappa shape index (κ2) is 5.69. The van der Waals surface area contributed by atoms with Crippen LogP contribution in [0.2, 0.25) is 0 Å². The molecular weight excluding hydrogens is 264 g/mol. The molecule has 20 heavy (non-hydrogen) atoms. The van der Waals surface area contributed by atoms with Gasteiger partial charge in [-0.15, -0.1) is 0 Å². The van der Waals surface area contributed by atoms with Crippen LogP contribution >= 0.6 is 11.8 Å². The van der Waals surface area contributed by atoms with Crippen molar-refractivity contribution in [2.75, 3.05) is 16.8 Å². The monoisotopic (exact) mass is 288 g/mol. The van der Waals surface area contributed by atoms with Crippen molar-refractivity contribution >= 4 is 17.4 Å². The van der Waals surface area contributed by atoms with Crippen LogP contribution in [-0.4, -0.2) is 17.5 Å². The molecule has 1 N–H and O–H groups in total. The molecule has 1 aromatic carbocycles. The summed E-state index contributed by atoms with van der Waals surface area (Å²) in [5.41, 5.74) is 2.24. The Labute approximate surface area is 127 Å². The maximum atomic E-state index is 9.17. The van der Waals surface area contributed by atoms with Crippen molar-refractivity contribution in [2.45, 2.75) is 45.6 Å². The van der Waals surface area contributed by atoms with Gasteiger partial charge in [-0.1, -0.05) is 26.0 Å². The number of nitrogens with one attached hydrogen (secondary N) is 1. The molecule has 2 rings (SSSR count). The van der Waals surface area contributed by atoms with Gasteiger partial charge in [0.05, 0.1) is 11.5 Å². The Morgan fingerprint density at radius 3 is 2.50 bits per heavy atom. The molecule has 2 nitrogen and oxygen atoms in total. The number of benzene rings is 1. The predicted octanol–water partition coefficient (Wildman–Crippen LogP) is 4.43. The number of rotatable bonds is 3. The molecule has 1 atom stereocenters. The van der Waals surface area contributed by atoms with Crippen LogP contribution in [0.5, 0.6) is 0 Å². The van der Waals surface area contributed by atoms with Crippen molar-refractivity contribution in [3.63, 3.8) is 0 Å². The zero-order chi connectivity index (χ0) is 14.8. The largest absolute Gasteiger partial charge is 0.381 e. The number of thioether (sulfide) groups is 1. The van der Waals surface area contributed by atoms with Gasteiger partial charge in [0.15, 0.2) is 0 Å². The summed E-state index contributed by atoms with van der Waals surface area (Å²) < 4.78 is 0. The van der Waals surface area contributed by atoms with Gasteiger partial charge in [0.25, 0.3) is 0 Å². The van der Waals surface area contributed by atoms with Crippen molar-refractivity contribution in [1.29, 1.82) is 5.26 Å². The first kappa shape index (κ1) is 15.3. The van der Waals surface area contributed by atoms with E-state index in [0.29, 0.717) is 11.5 Å². The Balaban J connectivity index is 2.03. The van der Waals surface area contributed by atoms with Gasteiger partial charge in [0.2, 0.25) is 0 Å². The molecule has 1 aromatic rings. The molecule has 0 aliphatic carbocycles.